The lowest BCUT2D eigenvalue weighted by Gasteiger charge is -2.36. The first-order valence-electron chi connectivity index (χ1n) is 13.7. The molecule has 2 saturated heterocycles. The van der Waals surface area contributed by atoms with Crippen LogP contribution in [0.3, 0.4) is 0 Å². The van der Waals surface area contributed by atoms with Crippen LogP contribution in [0, 0.1) is 5.92 Å². The molecule has 3 aliphatic rings. The minimum Gasteiger partial charge on any atom is -0.489 e. The molecule has 1 saturated carbocycles. The third-order valence-electron chi connectivity index (χ3n) is 7.77. The number of piperazine rings is 1. The molecule has 1 unspecified atom stereocenters. The summed E-state index contributed by atoms with van der Waals surface area (Å²) in [6.07, 6.45) is 2.75. The Kier molecular flexibility index (Phi) is 9.34. The summed E-state index contributed by atoms with van der Waals surface area (Å²) in [6.45, 7) is 4.12. The third kappa shape index (κ3) is 7.42. The highest BCUT2D eigenvalue weighted by Crippen LogP contribution is 2.38. The zero-order chi connectivity index (χ0) is 28.1. The number of carbonyl (C=O) groups excluding carboxylic acids is 3. The van der Waals surface area contributed by atoms with Gasteiger partial charge in [0.2, 0.25) is 5.91 Å². The zero-order valence-corrected chi connectivity index (χ0v) is 22.9. The van der Waals surface area contributed by atoms with Crippen molar-refractivity contribution in [2.45, 2.75) is 51.7 Å². The maximum Gasteiger partial charge on any atom is 0.387 e. The summed E-state index contributed by atoms with van der Waals surface area (Å²) in [4.78, 5) is 44.5. The van der Waals surface area contributed by atoms with Gasteiger partial charge in [0.05, 0.1) is 6.61 Å². The quantitative estimate of drug-likeness (QED) is 0.509. The number of hydrogen-bond acceptors (Lipinski definition) is 5. The van der Waals surface area contributed by atoms with Gasteiger partial charge in [-0.2, -0.15) is 8.78 Å². The zero-order valence-electron chi connectivity index (χ0n) is 22.9. The molecule has 5 amide bonds. The fourth-order valence-electron chi connectivity index (χ4n) is 5.11. The number of likely N-dealkylation sites (tertiary alicyclic amines) is 1. The Balaban J connectivity index is 1.34. The predicted molar refractivity (Wildman–Crippen MR) is 140 cm³/mol. The highest BCUT2D eigenvalue weighted by atomic mass is 19.3. The summed E-state index contributed by atoms with van der Waals surface area (Å²) in [6, 6.07) is 4.51. The van der Waals surface area contributed by atoms with Gasteiger partial charge in [0.1, 0.15) is 0 Å². The topological polar surface area (TPSA) is 94.7 Å². The molecule has 4 rings (SSSR count). The van der Waals surface area contributed by atoms with Gasteiger partial charge in [-0.05, 0) is 49.8 Å². The first-order chi connectivity index (χ1) is 18.7. The van der Waals surface area contributed by atoms with Crippen molar-refractivity contribution in [3.63, 3.8) is 0 Å². The molecule has 0 spiro atoms. The van der Waals surface area contributed by atoms with Gasteiger partial charge >= 0.3 is 18.7 Å². The van der Waals surface area contributed by atoms with Gasteiger partial charge in [0.15, 0.2) is 11.5 Å². The van der Waals surface area contributed by atoms with Crippen LogP contribution in [0.1, 0.15) is 44.6 Å². The van der Waals surface area contributed by atoms with Gasteiger partial charge in [-0.25, -0.2) is 9.59 Å². The van der Waals surface area contributed by atoms with Crippen molar-refractivity contribution in [2.24, 2.45) is 5.92 Å². The molecular weight excluding hydrogens is 512 g/mol. The fourth-order valence-corrected chi connectivity index (χ4v) is 5.11. The number of alkyl halides is 2. The number of amides is 5. The van der Waals surface area contributed by atoms with Crippen LogP contribution in [0.15, 0.2) is 18.2 Å². The summed E-state index contributed by atoms with van der Waals surface area (Å²) in [5, 5.41) is 2.96. The van der Waals surface area contributed by atoms with Crippen LogP contribution in [-0.2, 0) is 4.79 Å². The molecule has 2 atom stereocenters. The lowest BCUT2D eigenvalue weighted by atomic mass is 9.96. The van der Waals surface area contributed by atoms with E-state index in [-0.39, 0.29) is 41.4 Å². The number of ether oxygens (including phenoxy) is 2. The van der Waals surface area contributed by atoms with Gasteiger partial charge in [-0.1, -0.05) is 6.07 Å². The predicted octanol–water partition coefficient (Wildman–Crippen LogP) is 3.18. The molecule has 1 aromatic carbocycles. The molecule has 10 nitrogen and oxygen atoms in total. The number of hydrogen-bond donors (Lipinski definition) is 1. The highest BCUT2D eigenvalue weighted by molar-refractivity contribution is 5.77. The van der Waals surface area contributed by atoms with Gasteiger partial charge in [0.25, 0.3) is 0 Å². The van der Waals surface area contributed by atoms with Crippen LogP contribution in [0.5, 0.6) is 11.5 Å². The van der Waals surface area contributed by atoms with Crippen molar-refractivity contribution in [2.75, 3.05) is 59.5 Å². The Labute approximate surface area is 228 Å². The molecule has 3 fully saturated rings. The molecule has 12 heteroatoms. The van der Waals surface area contributed by atoms with Crippen molar-refractivity contribution >= 4 is 18.0 Å². The third-order valence-corrected chi connectivity index (χ3v) is 7.77. The van der Waals surface area contributed by atoms with Crippen molar-refractivity contribution in [3.05, 3.63) is 23.8 Å². The summed E-state index contributed by atoms with van der Waals surface area (Å²) in [7, 11) is 1.75. The summed E-state index contributed by atoms with van der Waals surface area (Å²) in [5.41, 5.74) is 0.875. The number of nitrogens with zero attached hydrogens (tertiary/aromatic N) is 4. The van der Waals surface area contributed by atoms with Crippen LogP contribution in [0.2, 0.25) is 0 Å². The first kappa shape index (κ1) is 28.7. The monoisotopic (exact) mass is 551 g/mol. The van der Waals surface area contributed by atoms with E-state index in [4.69, 9.17) is 4.74 Å². The fraction of sp³-hybridized carbons (Fsp3) is 0.667. The van der Waals surface area contributed by atoms with E-state index in [0.717, 1.165) is 18.4 Å². The highest BCUT2D eigenvalue weighted by Gasteiger charge is 2.36. The maximum absolute atomic E-state index is 12.9. The molecule has 39 heavy (non-hydrogen) atoms. The minimum absolute atomic E-state index is 0.00257. The largest absolute Gasteiger partial charge is 0.489 e. The van der Waals surface area contributed by atoms with E-state index in [1.165, 1.54) is 13.0 Å². The lowest BCUT2D eigenvalue weighted by molar-refractivity contribution is -0.129. The molecule has 0 aromatic heterocycles. The number of nitrogens with one attached hydrogen (secondary N) is 1. The minimum atomic E-state index is -2.95. The lowest BCUT2D eigenvalue weighted by Crippen LogP contribution is -2.56. The van der Waals surface area contributed by atoms with E-state index in [9.17, 15) is 23.2 Å². The Bertz CT molecular complexity index is 1030. The second-order valence-electron chi connectivity index (χ2n) is 10.6. The number of urea groups is 2. The summed E-state index contributed by atoms with van der Waals surface area (Å²) in [5.74, 6) is 0.606. The van der Waals surface area contributed by atoms with E-state index in [2.05, 4.69) is 10.1 Å². The van der Waals surface area contributed by atoms with Gasteiger partial charge < -0.3 is 34.4 Å². The van der Waals surface area contributed by atoms with Gasteiger partial charge in [-0.15, -0.1) is 0 Å². The van der Waals surface area contributed by atoms with E-state index in [1.54, 1.807) is 38.8 Å². The smallest absolute Gasteiger partial charge is 0.387 e. The normalized spacial score (nSPS) is 21.2. The molecule has 1 N–H and O–H groups in total. The van der Waals surface area contributed by atoms with Crippen molar-refractivity contribution in [1.29, 1.82) is 0 Å². The van der Waals surface area contributed by atoms with Crippen LogP contribution in [0.25, 0.3) is 0 Å². The number of halogens is 2. The van der Waals surface area contributed by atoms with Gasteiger partial charge in [-0.3, -0.25) is 4.79 Å². The second kappa shape index (κ2) is 12.7. The molecule has 0 radical (unpaired) electrons. The molecule has 2 heterocycles. The number of carbonyl (C=O) groups is 3. The first-order valence-corrected chi connectivity index (χ1v) is 13.7. The summed E-state index contributed by atoms with van der Waals surface area (Å²) >= 11 is 0. The van der Waals surface area contributed by atoms with Crippen LogP contribution in [0.4, 0.5) is 18.4 Å². The van der Waals surface area contributed by atoms with Crippen molar-refractivity contribution < 1.29 is 32.6 Å². The Morgan fingerprint density at radius 2 is 1.79 bits per heavy atom. The standard InChI is InChI=1S/C27H39F2N5O5/c1-4-31(3)27(37)33-11-9-32(10-12-33)26(36)30-15-22-13-21(16-34(22)18(2)35)20-7-8-23(39-25(28)29)24(14-20)38-17-19-5-6-19/h7-8,14,19,21-22,25H,4-6,9-13,15-17H2,1-3H3,(H,30,36)/t21?,22-/m1/s1. The summed E-state index contributed by atoms with van der Waals surface area (Å²) < 4.78 is 36.3. The molecular formula is C27H39F2N5O5. The Hall–Kier alpha value is -3.31. The molecule has 0 bridgehead atoms. The second-order valence-corrected chi connectivity index (χ2v) is 10.6. The molecule has 1 aliphatic carbocycles. The van der Waals surface area contributed by atoms with Crippen LogP contribution < -0.4 is 14.8 Å². The number of rotatable bonds is 9. The molecule has 216 valence electrons. The van der Waals surface area contributed by atoms with Crippen molar-refractivity contribution in [1.82, 2.24) is 24.9 Å². The SMILES string of the molecule is CCN(C)C(=O)N1CCN(C(=O)NC[C@H]2CC(c3ccc(OC(F)F)c(OCC4CC4)c3)CN2C(C)=O)CC1. The Morgan fingerprint density at radius 1 is 1.10 bits per heavy atom. The molecule has 1 aromatic rings. The Morgan fingerprint density at radius 3 is 2.41 bits per heavy atom. The number of benzene rings is 1. The maximum atomic E-state index is 12.9. The van der Waals surface area contributed by atoms with E-state index < -0.39 is 6.61 Å². The van der Waals surface area contributed by atoms with Gasteiger partial charge in [0, 0.05) is 71.7 Å². The van der Waals surface area contributed by atoms with Crippen LogP contribution >= 0.6 is 0 Å². The molecule has 2 aliphatic heterocycles. The van der Waals surface area contributed by atoms with E-state index >= 15 is 0 Å². The average molecular weight is 552 g/mol. The van der Waals surface area contributed by atoms with E-state index in [0.29, 0.717) is 64.8 Å². The van der Waals surface area contributed by atoms with Crippen LogP contribution in [-0.4, -0.2) is 110 Å². The van der Waals surface area contributed by atoms with Crippen molar-refractivity contribution in [3.8, 4) is 11.5 Å². The van der Waals surface area contributed by atoms with E-state index in [1.807, 2.05) is 6.92 Å². The average Bonchev–Trinajstić information content (AvgIpc) is 3.66.